The lowest BCUT2D eigenvalue weighted by atomic mass is 10.2. The number of hydrogen-bond donors (Lipinski definition) is 2. The van der Waals surface area contributed by atoms with Crippen molar-refractivity contribution in [2.45, 2.75) is 0 Å². The van der Waals surface area contributed by atoms with E-state index in [0.29, 0.717) is 33.3 Å². The van der Waals surface area contributed by atoms with Crippen molar-refractivity contribution in [3.05, 3.63) is 77.6 Å². The summed E-state index contributed by atoms with van der Waals surface area (Å²) >= 11 is 11.3. The lowest BCUT2D eigenvalue weighted by Crippen LogP contribution is -2.34. The van der Waals surface area contributed by atoms with Crippen LogP contribution in [0, 0.1) is 0 Å². The Hall–Kier alpha value is -3.29. The number of carbonyl (C=O) groups excluding carboxylic acids is 1. The number of halogens is 1. The van der Waals surface area contributed by atoms with Crippen molar-refractivity contribution in [3.63, 3.8) is 0 Å². The van der Waals surface area contributed by atoms with Crippen molar-refractivity contribution in [1.29, 1.82) is 0 Å². The lowest BCUT2D eigenvalue weighted by molar-refractivity contribution is 0.0978. The number of fused-ring (bicyclic) bond motifs is 1. The quantitative estimate of drug-likeness (QED) is 0.479. The normalized spacial score (nSPS) is 10.6. The van der Waals surface area contributed by atoms with E-state index < -0.39 is 0 Å². The number of pyridine rings is 1. The van der Waals surface area contributed by atoms with Crippen LogP contribution in [0.2, 0.25) is 5.02 Å². The molecule has 8 heteroatoms. The third-order valence-corrected chi connectivity index (χ3v) is 4.45. The average Bonchev–Trinajstić information content (AvgIpc) is 3.12. The van der Waals surface area contributed by atoms with Crippen molar-refractivity contribution in [1.82, 2.24) is 15.3 Å². The van der Waals surface area contributed by atoms with Crippen LogP contribution >= 0.6 is 23.8 Å². The molecule has 28 heavy (non-hydrogen) atoms. The van der Waals surface area contributed by atoms with Crippen molar-refractivity contribution >= 4 is 51.6 Å². The molecule has 0 saturated carbocycles. The van der Waals surface area contributed by atoms with Gasteiger partial charge in [-0.3, -0.25) is 15.1 Å². The first-order chi connectivity index (χ1) is 13.6. The summed E-state index contributed by atoms with van der Waals surface area (Å²) in [7, 11) is 0. The zero-order valence-corrected chi connectivity index (χ0v) is 15.9. The summed E-state index contributed by atoms with van der Waals surface area (Å²) in [6.07, 6.45) is 3.36. The number of carbonyl (C=O) groups is 1. The van der Waals surface area contributed by atoms with Gasteiger partial charge in [0.2, 0.25) is 5.89 Å². The molecule has 6 nitrogen and oxygen atoms in total. The van der Waals surface area contributed by atoms with Gasteiger partial charge in [0.1, 0.15) is 5.52 Å². The van der Waals surface area contributed by atoms with Gasteiger partial charge in [-0.05, 0) is 54.7 Å². The van der Waals surface area contributed by atoms with Crippen LogP contribution in [0.5, 0.6) is 0 Å². The van der Waals surface area contributed by atoms with Gasteiger partial charge < -0.3 is 9.73 Å². The number of nitrogens with zero attached hydrogens (tertiary/aromatic N) is 2. The second kappa shape index (κ2) is 7.75. The van der Waals surface area contributed by atoms with Gasteiger partial charge in [-0.25, -0.2) is 4.98 Å². The number of thiocarbonyl (C=S) groups is 1. The highest BCUT2D eigenvalue weighted by Crippen LogP contribution is 2.25. The van der Waals surface area contributed by atoms with E-state index in [9.17, 15) is 4.79 Å². The van der Waals surface area contributed by atoms with Crippen LogP contribution in [0.15, 0.2) is 71.4 Å². The molecule has 0 bridgehead atoms. The standard InChI is InChI=1S/C20H13ClN4O2S/c21-15-4-2-1-3-14(15)18(26)25-20(28)23-13-5-6-17-16(11-13)24-19(27-17)12-7-9-22-10-8-12/h1-11H,(H2,23,25,26,28). The van der Waals surface area contributed by atoms with Gasteiger partial charge in [0.25, 0.3) is 5.91 Å². The first-order valence-electron chi connectivity index (χ1n) is 8.28. The zero-order valence-electron chi connectivity index (χ0n) is 14.3. The summed E-state index contributed by atoms with van der Waals surface area (Å²) < 4.78 is 5.77. The maximum absolute atomic E-state index is 12.3. The summed E-state index contributed by atoms with van der Waals surface area (Å²) in [6, 6.07) is 15.8. The maximum Gasteiger partial charge on any atom is 0.258 e. The van der Waals surface area contributed by atoms with E-state index in [1.807, 2.05) is 12.1 Å². The Bertz CT molecular complexity index is 1180. The van der Waals surface area contributed by atoms with Crippen molar-refractivity contribution in [3.8, 4) is 11.5 Å². The van der Waals surface area contributed by atoms with Crippen LogP contribution in [-0.2, 0) is 0 Å². The molecule has 0 spiro atoms. The Morgan fingerprint density at radius 3 is 2.64 bits per heavy atom. The fourth-order valence-corrected chi connectivity index (χ4v) is 3.03. The lowest BCUT2D eigenvalue weighted by Gasteiger charge is -2.10. The number of aromatic nitrogens is 2. The van der Waals surface area contributed by atoms with E-state index >= 15 is 0 Å². The molecule has 2 aromatic heterocycles. The predicted molar refractivity (Wildman–Crippen MR) is 112 cm³/mol. The molecule has 0 saturated heterocycles. The molecule has 0 radical (unpaired) electrons. The van der Waals surface area contributed by atoms with Gasteiger partial charge in [-0.1, -0.05) is 23.7 Å². The molecule has 1 amide bonds. The largest absolute Gasteiger partial charge is 0.436 e. The minimum atomic E-state index is -0.384. The Kier molecular flexibility index (Phi) is 5.01. The topological polar surface area (TPSA) is 80.0 Å². The van der Waals surface area contributed by atoms with E-state index in [0.717, 1.165) is 5.56 Å². The fourth-order valence-electron chi connectivity index (χ4n) is 2.60. The zero-order chi connectivity index (χ0) is 19.5. The van der Waals surface area contributed by atoms with Crippen LogP contribution in [0.25, 0.3) is 22.6 Å². The summed E-state index contributed by atoms with van der Waals surface area (Å²) in [4.78, 5) is 20.8. The SMILES string of the molecule is O=C(NC(=S)Nc1ccc2oc(-c3ccncc3)nc2c1)c1ccccc1Cl. The Balaban J connectivity index is 1.49. The highest BCUT2D eigenvalue weighted by Gasteiger charge is 2.12. The Morgan fingerprint density at radius 1 is 1.07 bits per heavy atom. The third kappa shape index (κ3) is 3.85. The van der Waals surface area contributed by atoms with Crippen LogP contribution in [0.3, 0.4) is 0 Å². The van der Waals surface area contributed by atoms with Crippen LogP contribution in [0.4, 0.5) is 5.69 Å². The number of amides is 1. The predicted octanol–water partition coefficient (Wildman–Crippen LogP) is 4.67. The number of hydrogen-bond acceptors (Lipinski definition) is 5. The van der Waals surface area contributed by atoms with E-state index in [1.165, 1.54) is 0 Å². The highest BCUT2D eigenvalue weighted by atomic mass is 35.5. The van der Waals surface area contributed by atoms with Crippen molar-refractivity contribution < 1.29 is 9.21 Å². The molecule has 0 fully saturated rings. The van der Waals surface area contributed by atoms with Crippen molar-refractivity contribution in [2.24, 2.45) is 0 Å². The number of nitrogens with one attached hydrogen (secondary N) is 2. The molecule has 4 rings (SSSR count). The monoisotopic (exact) mass is 408 g/mol. The van der Waals surface area contributed by atoms with Gasteiger partial charge in [0.05, 0.1) is 10.6 Å². The van der Waals surface area contributed by atoms with Gasteiger partial charge in [-0.15, -0.1) is 0 Å². The summed E-state index contributed by atoms with van der Waals surface area (Å²) in [6.45, 7) is 0. The van der Waals surface area contributed by atoms with Gasteiger partial charge in [0.15, 0.2) is 10.7 Å². The summed E-state index contributed by atoms with van der Waals surface area (Å²) in [5.41, 5.74) is 3.16. The molecule has 0 unspecified atom stereocenters. The molecule has 0 atom stereocenters. The second-order valence-electron chi connectivity index (χ2n) is 5.83. The molecule has 0 aliphatic carbocycles. The fraction of sp³-hybridized carbons (Fsp3) is 0. The highest BCUT2D eigenvalue weighted by molar-refractivity contribution is 7.80. The molecule has 4 aromatic rings. The van der Waals surface area contributed by atoms with Gasteiger partial charge in [0, 0.05) is 23.6 Å². The van der Waals surface area contributed by atoms with Gasteiger partial charge >= 0.3 is 0 Å². The minimum absolute atomic E-state index is 0.155. The average molecular weight is 409 g/mol. The van der Waals surface area contributed by atoms with Crippen LogP contribution < -0.4 is 10.6 Å². The molecular formula is C20H13ClN4O2S. The molecule has 2 N–H and O–H groups in total. The second-order valence-corrected chi connectivity index (χ2v) is 6.64. The number of rotatable bonds is 3. The summed E-state index contributed by atoms with van der Waals surface area (Å²) in [5, 5.41) is 6.09. The van der Waals surface area contributed by atoms with Crippen molar-refractivity contribution in [2.75, 3.05) is 5.32 Å². The number of oxazole rings is 1. The van der Waals surface area contributed by atoms with E-state index in [-0.39, 0.29) is 11.0 Å². The first kappa shape index (κ1) is 18.1. The molecule has 2 aromatic carbocycles. The van der Waals surface area contributed by atoms with Crippen LogP contribution in [-0.4, -0.2) is 21.0 Å². The van der Waals surface area contributed by atoms with E-state index in [2.05, 4.69) is 20.6 Å². The molecule has 0 aliphatic rings. The smallest absolute Gasteiger partial charge is 0.258 e. The van der Waals surface area contributed by atoms with E-state index in [4.69, 9.17) is 28.2 Å². The Labute approximate surface area is 170 Å². The number of anilines is 1. The van der Waals surface area contributed by atoms with Gasteiger partial charge in [-0.2, -0.15) is 0 Å². The molecule has 0 aliphatic heterocycles. The number of benzene rings is 2. The van der Waals surface area contributed by atoms with Crippen LogP contribution in [0.1, 0.15) is 10.4 Å². The first-order valence-corrected chi connectivity index (χ1v) is 9.06. The minimum Gasteiger partial charge on any atom is -0.436 e. The molecule has 138 valence electrons. The molecule has 2 heterocycles. The summed E-state index contributed by atoms with van der Waals surface area (Å²) in [5.74, 6) is 0.120. The van der Waals surface area contributed by atoms with E-state index in [1.54, 1.807) is 54.9 Å². The Morgan fingerprint density at radius 2 is 1.86 bits per heavy atom. The maximum atomic E-state index is 12.3. The third-order valence-electron chi connectivity index (χ3n) is 3.92. The molecular weight excluding hydrogens is 396 g/mol.